The van der Waals surface area contributed by atoms with Gasteiger partial charge in [-0.3, -0.25) is 25.3 Å². The molecule has 0 saturated carbocycles. The van der Waals surface area contributed by atoms with E-state index >= 15 is 0 Å². The van der Waals surface area contributed by atoms with Gasteiger partial charge in [0.1, 0.15) is 0 Å². The summed E-state index contributed by atoms with van der Waals surface area (Å²) >= 11 is 0. The van der Waals surface area contributed by atoms with Crippen molar-refractivity contribution in [2.75, 3.05) is 0 Å². The summed E-state index contributed by atoms with van der Waals surface area (Å²) in [5, 5.41) is 0. The average molecular weight is 474 g/mol. The van der Waals surface area contributed by atoms with E-state index in [-0.39, 0.29) is 44.8 Å². The molecule has 0 heterocycles. The Kier molecular flexibility index (Phi) is 22.0. The molecule has 0 fully saturated rings. The van der Waals surface area contributed by atoms with E-state index in [2.05, 4.69) is 0 Å². The van der Waals surface area contributed by atoms with Crippen molar-refractivity contribution < 1.29 is 97.3 Å². The molecular formula is Nb2O12S3. The Hall–Kier alpha value is 1.09. The number of hydrogen-bond donors (Lipinski definition) is 0. The molecule has 12 nitrogen and oxygen atoms in total. The van der Waals surface area contributed by atoms with Gasteiger partial charge in [-0.15, -0.1) is 0 Å². The molecule has 0 spiro atoms. The molecule has 0 bridgehead atoms. The Labute approximate surface area is 128 Å². The Morgan fingerprint density at radius 1 is 0.412 bits per heavy atom. The van der Waals surface area contributed by atoms with Crippen LogP contribution in [-0.4, -0.2) is 52.6 Å². The van der Waals surface area contributed by atoms with Crippen molar-refractivity contribution >= 4 is 31.2 Å². The first kappa shape index (κ1) is 30.8. The van der Waals surface area contributed by atoms with E-state index in [0.717, 1.165) is 0 Å². The minimum Gasteiger partial charge on any atom is -0.759 e. The van der Waals surface area contributed by atoms with Crippen LogP contribution in [0.5, 0.6) is 0 Å². The first-order valence-electron chi connectivity index (χ1n) is 2.00. The fourth-order valence-electron chi connectivity index (χ4n) is 0. The molecule has 0 aromatic rings. The van der Waals surface area contributed by atoms with Gasteiger partial charge in [-0.25, -0.2) is 0 Å². The zero-order valence-corrected chi connectivity index (χ0v) is 13.9. The van der Waals surface area contributed by atoms with Gasteiger partial charge in [-0.1, -0.05) is 0 Å². The van der Waals surface area contributed by atoms with E-state index in [0.29, 0.717) is 0 Å². The van der Waals surface area contributed by atoms with Crippen molar-refractivity contribution in [3.63, 3.8) is 0 Å². The van der Waals surface area contributed by atoms with Crippen LogP contribution in [0, 0.1) is 0 Å². The molecule has 0 saturated heterocycles. The fraction of sp³-hybridized carbons (Fsp3) is 0. The summed E-state index contributed by atoms with van der Waals surface area (Å²) in [6.45, 7) is 0. The van der Waals surface area contributed by atoms with Gasteiger partial charge in [0.15, 0.2) is 0 Å². The van der Waals surface area contributed by atoms with Crippen molar-refractivity contribution in [2.24, 2.45) is 0 Å². The smallest absolute Gasteiger partial charge is 0.759 e. The van der Waals surface area contributed by atoms with E-state index < -0.39 is 31.2 Å². The maximum absolute atomic E-state index is 8.52. The molecule has 0 atom stereocenters. The van der Waals surface area contributed by atoms with Crippen LogP contribution in [0.25, 0.3) is 0 Å². The molecule has 0 aromatic heterocycles. The second-order valence-electron chi connectivity index (χ2n) is 1.22. The van der Waals surface area contributed by atoms with E-state index in [4.69, 9.17) is 52.6 Å². The number of hydrogen-bond acceptors (Lipinski definition) is 12. The van der Waals surface area contributed by atoms with Crippen LogP contribution in [0.1, 0.15) is 0 Å². The molecule has 17 heteroatoms. The summed E-state index contributed by atoms with van der Waals surface area (Å²) in [6.07, 6.45) is 0. The summed E-state index contributed by atoms with van der Waals surface area (Å²) < 4.78 is 102. The summed E-state index contributed by atoms with van der Waals surface area (Å²) in [5.74, 6) is 0. The molecule has 0 aliphatic heterocycles. The van der Waals surface area contributed by atoms with Crippen LogP contribution in [0.2, 0.25) is 0 Å². The molecular weight excluding hydrogens is 474 g/mol. The Morgan fingerprint density at radius 2 is 0.412 bits per heavy atom. The van der Waals surface area contributed by atoms with Gasteiger partial charge in [0, 0.05) is 31.2 Å². The largest absolute Gasteiger partial charge is 3.00 e. The quantitative estimate of drug-likeness (QED) is 0.185. The molecule has 0 aliphatic carbocycles. The van der Waals surface area contributed by atoms with Crippen molar-refractivity contribution in [1.29, 1.82) is 0 Å². The summed E-state index contributed by atoms with van der Waals surface area (Å²) in [6, 6.07) is 0. The molecule has 0 rings (SSSR count). The average Bonchev–Trinajstić information content (AvgIpc) is 1.41. The molecule has 0 N–H and O–H groups in total. The summed E-state index contributed by atoms with van der Waals surface area (Å²) in [7, 11) is -15.5. The van der Waals surface area contributed by atoms with E-state index in [1.54, 1.807) is 0 Å². The standard InChI is InChI=1S/2Nb.3H2O4S/c;;3*1-5(2,3)4/h;;3*(H2,1,2,3,4)/q2*+3;;;/p-6. The monoisotopic (exact) mass is 474 g/mol. The van der Waals surface area contributed by atoms with Crippen LogP contribution in [0.4, 0.5) is 0 Å². The van der Waals surface area contributed by atoms with E-state index in [1.165, 1.54) is 0 Å². The van der Waals surface area contributed by atoms with Crippen molar-refractivity contribution in [3.8, 4) is 0 Å². The van der Waals surface area contributed by atoms with Gasteiger partial charge in [0.25, 0.3) is 0 Å². The normalized spacial score (nSPS) is 10.2. The predicted octanol–water partition coefficient (Wildman–Crippen LogP) is -4.02. The zero-order valence-electron chi connectivity index (χ0n) is 7.02. The molecule has 0 radical (unpaired) electrons. The van der Waals surface area contributed by atoms with Gasteiger partial charge < -0.3 is 27.3 Å². The van der Waals surface area contributed by atoms with Crippen molar-refractivity contribution in [1.82, 2.24) is 0 Å². The van der Waals surface area contributed by atoms with Gasteiger partial charge in [-0.05, 0) is 0 Å². The fourth-order valence-corrected chi connectivity index (χ4v) is 0. The third kappa shape index (κ3) is 3270. The van der Waals surface area contributed by atoms with E-state index in [9.17, 15) is 0 Å². The van der Waals surface area contributed by atoms with E-state index in [1.807, 2.05) is 0 Å². The van der Waals surface area contributed by atoms with Gasteiger partial charge in [-0.2, -0.15) is 0 Å². The minimum atomic E-state index is -5.17. The second kappa shape index (κ2) is 12.1. The summed E-state index contributed by atoms with van der Waals surface area (Å²) in [5.41, 5.74) is 0. The predicted molar refractivity (Wildman–Crippen MR) is 31.4 cm³/mol. The van der Waals surface area contributed by atoms with Gasteiger partial charge in [0.05, 0.1) is 0 Å². The van der Waals surface area contributed by atoms with Crippen LogP contribution in [-0.2, 0) is 76.0 Å². The first-order valence-corrected chi connectivity index (χ1v) is 6.00. The second-order valence-corrected chi connectivity index (χ2v) is 3.67. The van der Waals surface area contributed by atoms with Crippen molar-refractivity contribution in [3.05, 3.63) is 0 Å². The molecule has 0 aliphatic rings. The maximum Gasteiger partial charge on any atom is 3.00 e. The minimum absolute atomic E-state index is 0. The first-order chi connectivity index (χ1) is 6.00. The Balaban J connectivity index is -0.0000000400. The Morgan fingerprint density at radius 3 is 0.412 bits per heavy atom. The van der Waals surface area contributed by atoms with Crippen molar-refractivity contribution in [2.45, 2.75) is 0 Å². The van der Waals surface area contributed by atoms with Gasteiger partial charge >= 0.3 is 44.8 Å². The zero-order chi connectivity index (χ0) is 13.5. The molecule has 17 heavy (non-hydrogen) atoms. The maximum atomic E-state index is 8.52. The van der Waals surface area contributed by atoms with Crippen LogP contribution in [0.3, 0.4) is 0 Å². The van der Waals surface area contributed by atoms with Gasteiger partial charge in [0.2, 0.25) is 0 Å². The molecule has 0 amide bonds. The molecule has 100 valence electrons. The molecule has 0 aromatic carbocycles. The topological polar surface area (TPSA) is 241 Å². The summed E-state index contributed by atoms with van der Waals surface area (Å²) in [4.78, 5) is 0. The third-order valence-corrected chi connectivity index (χ3v) is 0. The Bertz CT molecular complexity index is 341. The van der Waals surface area contributed by atoms with Crippen LogP contribution >= 0.6 is 0 Å². The third-order valence-electron chi connectivity index (χ3n) is 0. The van der Waals surface area contributed by atoms with Crippen LogP contribution in [0.15, 0.2) is 0 Å². The SMILES string of the molecule is O=S(=O)([O-])[O-].O=S(=O)([O-])[O-].O=S(=O)([O-])[O-].[Nb+3].[Nb+3]. The number of rotatable bonds is 0. The van der Waals surface area contributed by atoms with Crippen LogP contribution < -0.4 is 0 Å². The molecule has 0 unspecified atom stereocenters.